The Morgan fingerprint density at radius 2 is 2.15 bits per heavy atom. The monoisotopic (exact) mass is 293 g/mol. The standard InChI is InChI=1S/C13H15N3O3S/c1-3-12-14-8-13(15-12)20(18,19)16-11-6-4-5-10(7-11)9(2)17/h4-8,16H,3H2,1-2H3,(H,14,15). The van der Waals surface area contributed by atoms with Gasteiger partial charge in [0.15, 0.2) is 10.8 Å². The molecule has 1 aromatic carbocycles. The Balaban J connectivity index is 2.28. The van der Waals surface area contributed by atoms with E-state index in [4.69, 9.17) is 0 Å². The average molecular weight is 293 g/mol. The lowest BCUT2D eigenvalue weighted by Gasteiger charge is -2.07. The SMILES string of the molecule is CCc1ncc(S(=O)(=O)Nc2cccc(C(C)=O)c2)[nH]1. The number of H-pyrrole nitrogens is 1. The minimum absolute atomic E-state index is 0.00239. The number of hydrogen-bond acceptors (Lipinski definition) is 4. The van der Waals surface area contributed by atoms with Gasteiger partial charge in [0.25, 0.3) is 10.0 Å². The molecule has 0 saturated heterocycles. The number of nitrogens with one attached hydrogen (secondary N) is 2. The molecule has 0 saturated carbocycles. The molecule has 20 heavy (non-hydrogen) atoms. The third-order valence-electron chi connectivity index (χ3n) is 2.75. The minimum Gasteiger partial charge on any atom is -0.332 e. The molecule has 0 aliphatic rings. The van der Waals surface area contributed by atoms with Gasteiger partial charge in [-0.25, -0.2) is 4.98 Å². The van der Waals surface area contributed by atoms with Gasteiger partial charge in [0, 0.05) is 17.7 Å². The Kier molecular flexibility index (Phi) is 3.89. The van der Waals surface area contributed by atoms with Crippen molar-refractivity contribution in [3.05, 3.63) is 41.9 Å². The first kappa shape index (κ1) is 14.3. The predicted molar refractivity (Wildman–Crippen MR) is 75.2 cm³/mol. The number of aromatic amines is 1. The Morgan fingerprint density at radius 3 is 2.75 bits per heavy atom. The van der Waals surface area contributed by atoms with Gasteiger partial charge in [-0.15, -0.1) is 0 Å². The molecular formula is C13H15N3O3S. The third-order valence-corrected chi connectivity index (χ3v) is 4.04. The highest BCUT2D eigenvalue weighted by molar-refractivity contribution is 7.92. The predicted octanol–water partition coefficient (Wildman–Crippen LogP) is 1.98. The molecule has 2 rings (SSSR count). The third kappa shape index (κ3) is 3.05. The summed E-state index contributed by atoms with van der Waals surface area (Å²) in [6.45, 7) is 3.30. The van der Waals surface area contributed by atoms with Crippen LogP contribution in [0.15, 0.2) is 35.5 Å². The van der Waals surface area contributed by atoms with Crippen LogP contribution in [0.2, 0.25) is 0 Å². The molecule has 106 valence electrons. The van der Waals surface area contributed by atoms with E-state index in [0.717, 1.165) is 0 Å². The van der Waals surface area contributed by atoms with E-state index in [1.807, 2.05) is 6.92 Å². The number of anilines is 1. The first-order valence-corrected chi connectivity index (χ1v) is 7.58. The topological polar surface area (TPSA) is 91.9 Å². The molecule has 1 heterocycles. The van der Waals surface area contributed by atoms with Crippen molar-refractivity contribution in [2.75, 3.05) is 4.72 Å². The van der Waals surface area contributed by atoms with E-state index >= 15 is 0 Å². The van der Waals surface area contributed by atoms with E-state index in [-0.39, 0.29) is 10.8 Å². The fourth-order valence-electron chi connectivity index (χ4n) is 1.67. The summed E-state index contributed by atoms with van der Waals surface area (Å²) < 4.78 is 26.7. The lowest BCUT2D eigenvalue weighted by atomic mass is 10.1. The normalized spacial score (nSPS) is 11.3. The summed E-state index contributed by atoms with van der Waals surface area (Å²) in [5.74, 6) is 0.476. The molecule has 0 fully saturated rings. The molecule has 0 amide bonds. The first-order valence-electron chi connectivity index (χ1n) is 6.10. The van der Waals surface area contributed by atoms with Crippen LogP contribution in [0.1, 0.15) is 30.0 Å². The quantitative estimate of drug-likeness (QED) is 0.824. The van der Waals surface area contributed by atoms with Gasteiger partial charge in [0.05, 0.1) is 6.20 Å². The molecule has 0 spiro atoms. The fourth-order valence-corrected chi connectivity index (χ4v) is 2.66. The van der Waals surface area contributed by atoms with Crippen LogP contribution in [0.4, 0.5) is 5.69 Å². The van der Waals surface area contributed by atoms with Crippen molar-refractivity contribution in [2.45, 2.75) is 25.3 Å². The van der Waals surface area contributed by atoms with Crippen molar-refractivity contribution < 1.29 is 13.2 Å². The molecule has 0 unspecified atom stereocenters. The van der Waals surface area contributed by atoms with Crippen molar-refractivity contribution >= 4 is 21.5 Å². The van der Waals surface area contributed by atoms with Crippen LogP contribution in [-0.2, 0) is 16.4 Å². The smallest absolute Gasteiger partial charge is 0.278 e. The van der Waals surface area contributed by atoms with E-state index in [9.17, 15) is 13.2 Å². The molecular weight excluding hydrogens is 278 g/mol. The second-order valence-corrected chi connectivity index (χ2v) is 5.94. The van der Waals surface area contributed by atoms with Crippen LogP contribution in [-0.4, -0.2) is 24.2 Å². The highest BCUT2D eigenvalue weighted by Gasteiger charge is 2.17. The summed E-state index contributed by atoms with van der Waals surface area (Å²) >= 11 is 0. The number of benzene rings is 1. The van der Waals surface area contributed by atoms with E-state index in [0.29, 0.717) is 23.5 Å². The number of imidazole rings is 1. The largest absolute Gasteiger partial charge is 0.332 e. The second-order valence-electron chi connectivity index (χ2n) is 4.29. The number of ketones is 1. The molecule has 6 nitrogen and oxygen atoms in total. The highest BCUT2D eigenvalue weighted by atomic mass is 32.2. The maximum absolute atomic E-state index is 12.1. The molecule has 1 aromatic heterocycles. The number of aromatic nitrogens is 2. The Hall–Kier alpha value is -2.15. The molecule has 0 atom stereocenters. The number of Topliss-reactive ketones (excluding diaryl/α,β-unsaturated/α-hetero) is 1. The summed E-state index contributed by atoms with van der Waals surface area (Å²) in [5.41, 5.74) is 0.786. The Bertz CT molecular complexity index is 735. The fraction of sp³-hybridized carbons (Fsp3) is 0.231. The zero-order valence-corrected chi connectivity index (χ0v) is 12.0. The Morgan fingerprint density at radius 1 is 1.40 bits per heavy atom. The van der Waals surface area contributed by atoms with Crippen molar-refractivity contribution in [1.29, 1.82) is 0 Å². The number of rotatable bonds is 5. The van der Waals surface area contributed by atoms with Crippen LogP contribution in [0, 0.1) is 0 Å². The van der Waals surface area contributed by atoms with Crippen LogP contribution < -0.4 is 4.72 Å². The van der Waals surface area contributed by atoms with Gasteiger partial charge in [-0.2, -0.15) is 8.42 Å². The molecule has 0 bridgehead atoms. The van der Waals surface area contributed by atoms with Crippen molar-refractivity contribution in [1.82, 2.24) is 9.97 Å². The molecule has 7 heteroatoms. The lowest BCUT2D eigenvalue weighted by molar-refractivity contribution is 0.101. The van der Waals surface area contributed by atoms with Crippen molar-refractivity contribution in [2.24, 2.45) is 0 Å². The summed E-state index contributed by atoms with van der Waals surface area (Å²) in [7, 11) is -3.72. The van der Waals surface area contributed by atoms with E-state index in [1.54, 1.807) is 18.2 Å². The van der Waals surface area contributed by atoms with Crippen LogP contribution >= 0.6 is 0 Å². The number of carbonyl (C=O) groups is 1. The van der Waals surface area contributed by atoms with E-state index in [1.165, 1.54) is 19.2 Å². The summed E-state index contributed by atoms with van der Waals surface area (Å²) in [5, 5.41) is 0.00239. The highest BCUT2D eigenvalue weighted by Crippen LogP contribution is 2.16. The number of nitrogens with zero attached hydrogens (tertiary/aromatic N) is 1. The lowest BCUT2D eigenvalue weighted by Crippen LogP contribution is -2.13. The van der Waals surface area contributed by atoms with Gasteiger partial charge in [-0.3, -0.25) is 9.52 Å². The van der Waals surface area contributed by atoms with Crippen molar-refractivity contribution in [3.63, 3.8) is 0 Å². The van der Waals surface area contributed by atoms with Crippen LogP contribution in [0.5, 0.6) is 0 Å². The number of hydrogen-bond donors (Lipinski definition) is 2. The van der Waals surface area contributed by atoms with Gasteiger partial charge in [0.1, 0.15) is 5.82 Å². The Labute approximate surface area is 117 Å². The first-order chi connectivity index (χ1) is 9.42. The van der Waals surface area contributed by atoms with Gasteiger partial charge in [0.2, 0.25) is 0 Å². The van der Waals surface area contributed by atoms with Gasteiger partial charge >= 0.3 is 0 Å². The molecule has 2 aromatic rings. The number of aryl methyl sites for hydroxylation is 1. The molecule has 0 aliphatic heterocycles. The second kappa shape index (κ2) is 5.46. The maximum Gasteiger partial charge on any atom is 0.278 e. The van der Waals surface area contributed by atoms with Gasteiger partial charge in [-0.05, 0) is 19.1 Å². The zero-order chi connectivity index (χ0) is 14.8. The van der Waals surface area contributed by atoms with E-state index in [2.05, 4.69) is 14.7 Å². The van der Waals surface area contributed by atoms with Crippen LogP contribution in [0.25, 0.3) is 0 Å². The zero-order valence-electron chi connectivity index (χ0n) is 11.2. The molecule has 0 aliphatic carbocycles. The van der Waals surface area contributed by atoms with E-state index < -0.39 is 10.0 Å². The molecule has 0 radical (unpaired) electrons. The maximum atomic E-state index is 12.1. The van der Waals surface area contributed by atoms with Crippen LogP contribution in [0.3, 0.4) is 0 Å². The summed E-state index contributed by atoms with van der Waals surface area (Å²) in [6, 6.07) is 6.34. The minimum atomic E-state index is -3.72. The number of carbonyl (C=O) groups excluding carboxylic acids is 1. The number of sulfonamides is 1. The van der Waals surface area contributed by atoms with Gasteiger partial charge < -0.3 is 4.98 Å². The van der Waals surface area contributed by atoms with Crippen molar-refractivity contribution in [3.8, 4) is 0 Å². The summed E-state index contributed by atoms with van der Waals surface area (Å²) in [4.78, 5) is 18.0. The average Bonchev–Trinajstić information content (AvgIpc) is 2.88. The molecule has 2 N–H and O–H groups in total. The summed E-state index contributed by atoms with van der Waals surface area (Å²) in [6.07, 6.45) is 1.89. The van der Waals surface area contributed by atoms with Gasteiger partial charge in [-0.1, -0.05) is 19.1 Å².